The Morgan fingerprint density at radius 2 is 2.44 bits per heavy atom. The maximum absolute atomic E-state index is 5.06. The van der Waals surface area contributed by atoms with Gasteiger partial charge in [0.1, 0.15) is 0 Å². The van der Waals surface area contributed by atoms with Crippen molar-refractivity contribution in [3.63, 3.8) is 0 Å². The van der Waals surface area contributed by atoms with Crippen LogP contribution in [0.4, 0.5) is 5.95 Å². The molecule has 1 aromatic heterocycles. The highest BCUT2D eigenvalue weighted by Gasteiger charge is 2.28. The molecule has 0 amide bonds. The van der Waals surface area contributed by atoms with Gasteiger partial charge in [-0.3, -0.25) is 0 Å². The molecule has 1 aliphatic rings. The SMILES string of the molecule is COCCCn1ccnc1NC(C)C1CC1. The fourth-order valence-electron chi connectivity index (χ4n) is 1.93. The summed E-state index contributed by atoms with van der Waals surface area (Å²) in [6.07, 6.45) is 7.63. The predicted octanol–water partition coefficient (Wildman–Crippen LogP) is 2.13. The van der Waals surface area contributed by atoms with Crippen LogP contribution in [0.15, 0.2) is 12.4 Å². The smallest absolute Gasteiger partial charge is 0.202 e. The van der Waals surface area contributed by atoms with Crippen molar-refractivity contribution in [2.24, 2.45) is 5.92 Å². The molecule has 1 fully saturated rings. The fraction of sp³-hybridized carbons (Fsp3) is 0.750. The van der Waals surface area contributed by atoms with Crippen LogP contribution in [0.2, 0.25) is 0 Å². The number of imidazole rings is 1. The lowest BCUT2D eigenvalue weighted by molar-refractivity contribution is 0.190. The number of nitrogens with one attached hydrogen (secondary N) is 1. The van der Waals surface area contributed by atoms with Gasteiger partial charge in [0.2, 0.25) is 5.95 Å². The second kappa shape index (κ2) is 5.34. The molecule has 4 heteroatoms. The van der Waals surface area contributed by atoms with Crippen LogP contribution in [0, 0.1) is 5.92 Å². The Bertz CT molecular complexity index is 320. The number of aryl methyl sites for hydroxylation is 1. The molecule has 0 spiro atoms. The largest absolute Gasteiger partial charge is 0.385 e. The average Bonchev–Trinajstić information content (AvgIpc) is 3.04. The molecule has 4 nitrogen and oxygen atoms in total. The van der Waals surface area contributed by atoms with E-state index in [1.165, 1.54) is 12.8 Å². The van der Waals surface area contributed by atoms with E-state index in [0.29, 0.717) is 6.04 Å². The van der Waals surface area contributed by atoms with Gasteiger partial charge in [0.25, 0.3) is 0 Å². The first-order chi connectivity index (χ1) is 7.81. The minimum Gasteiger partial charge on any atom is -0.385 e. The molecular formula is C12H21N3O. The first kappa shape index (κ1) is 11.5. The van der Waals surface area contributed by atoms with Gasteiger partial charge in [-0.05, 0) is 32.1 Å². The van der Waals surface area contributed by atoms with Gasteiger partial charge in [-0.1, -0.05) is 0 Å². The third-order valence-corrected chi connectivity index (χ3v) is 3.15. The molecule has 1 unspecified atom stereocenters. The Hall–Kier alpha value is -1.03. The maximum Gasteiger partial charge on any atom is 0.202 e. The van der Waals surface area contributed by atoms with Crippen LogP contribution < -0.4 is 5.32 Å². The lowest BCUT2D eigenvalue weighted by Crippen LogP contribution is -2.20. The van der Waals surface area contributed by atoms with Crippen LogP contribution in [-0.4, -0.2) is 29.3 Å². The van der Waals surface area contributed by atoms with Crippen LogP contribution in [0.25, 0.3) is 0 Å². The van der Waals surface area contributed by atoms with E-state index in [1.54, 1.807) is 7.11 Å². The maximum atomic E-state index is 5.06. The van der Waals surface area contributed by atoms with E-state index >= 15 is 0 Å². The summed E-state index contributed by atoms with van der Waals surface area (Å²) in [5.74, 6) is 1.85. The Morgan fingerprint density at radius 3 is 3.12 bits per heavy atom. The summed E-state index contributed by atoms with van der Waals surface area (Å²) in [7, 11) is 1.74. The van der Waals surface area contributed by atoms with Gasteiger partial charge in [-0.15, -0.1) is 0 Å². The summed E-state index contributed by atoms with van der Waals surface area (Å²) < 4.78 is 7.22. The van der Waals surface area contributed by atoms with E-state index in [-0.39, 0.29) is 0 Å². The first-order valence-electron chi connectivity index (χ1n) is 6.08. The molecule has 90 valence electrons. The second-order valence-electron chi connectivity index (χ2n) is 4.56. The average molecular weight is 223 g/mol. The molecule has 0 bridgehead atoms. The first-order valence-corrected chi connectivity index (χ1v) is 6.08. The molecular weight excluding hydrogens is 202 g/mol. The van der Waals surface area contributed by atoms with Crippen LogP contribution in [0.3, 0.4) is 0 Å². The highest BCUT2D eigenvalue weighted by Crippen LogP contribution is 2.33. The van der Waals surface area contributed by atoms with Crippen LogP contribution >= 0.6 is 0 Å². The molecule has 2 rings (SSSR count). The number of anilines is 1. The van der Waals surface area contributed by atoms with Crippen molar-refractivity contribution < 1.29 is 4.74 Å². The van der Waals surface area contributed by atoms with E-state index in [9.17, 15) is 0 Å². The van der Waals surface area contributed by atoms with Crippen molar-refractivity contribution in [1.29, 1.82) is 0 Å². The number of nitrogens with zero attached hydrogens (tertiary/aromatic N) is 2. The molecule has 0 radical (unpaired) electrons. The molecule has 0 saturated heterocycles. The Labute approximate surface area is 97.0 Å². The highest BCUT2D eigenvalue weighted by molar-refractivity contribution is 5.28. The number of ether oxygens (including phenoxy) is 1. The lowest BCUT2D eigenvalue weighted by Gasteiger charge is -2.15. The molecule has 1 heterocycles. The van der Waals surface area contributed by atoms with Gasteiger partial charge < -0.3 is 14.6 Å². The summed E-state index contributed by atoms with van der Waals surface area (Å²) in [5.41, 5.74) is 0. The minimum absolute atomic E-state index is 0.545. The molecule has 1 atom stereocenters. The van der Waals surface area contributed by atoms with Gasteiger partial charge in [-0.2, -0.15) is 0 Å². The molecule has 16 heavy (non-hydrogen) atoms. The van der Waals surface area contributed by atoms with E-state index in [1.807, 2.05) is 12.4 Å². The predicted molar refractivity (Wildman–Crippen MR) is 64.5 cm³/mol. The Balaban J connectivity index is 1.85. The van der Waals surface area contributed by atoms with Crippen LogP contribution in [-0.2, 0) is 11.3 Å². The summed E-state index contributed by atoms with van der Waals surface area (Å²) in [5, 5.41) is 3.49. The van der Waals surface area contributed by atoms with Gasteiger partial charge in [0, 0.05) is 38.7 Å². The third-order valence-electron chi connectivity index (χ3n) is 3.15. The van der Waals surface area contributed by atoms with E-state index in [4.69, 9.17) is 4.74 Å². The second-order valence-corrected chi connectivity index (χ2v) is 4.56. The fourth-order valence-corrected chi connectivity index (χ4v) is 1.93. The number of aromatic nitrogens is 2. The van der Waals surface area contributed by atoms with Gasteiger partial charge in [-0.25, -0.2) is 4.98 Å². The number of rotatable bonds is 7. The molecule has 0 aliphatic heterocycles. The molecule has 1 N–H and O–H groups in total. The number of hydrogen-bond acceptors (Lipinski definition) is 3. The summed E-state index contributed by atoms with van der Waals surface area (Å²) in [4.78, 5) is 4.36. The zero-order valence-corrected chi connectivity index (χ0v) is 10.1. The van der Waals surface area contributed by atoms with E-state index in [2.05, 4.69) is 21.8 Å². The van der Waals surface area contributed by atoms with Crippen molar-refractivity contribution in [3.8, 4) is 0 Å². The summed E-state index contributed by atoms with van der Waals surface area (Å²) >= 11 is 0. The Kier molecular flexibility index (Phi) is 3.83. The van der Waals surface area contributed by atoms with Crippen molar-refractivity contribution in [1.82, 2.24) is 9.55 Å². The van der Waals surface area contributed by atoms with Crippen molar-refractivity contribution in [3.05, 3.63) is 12.4 Å². The quantitative estimate of drug-likeness (QED) is 0.720. The van der Waals surface area contributed by atoms with Crippen molar-refractivity contribution in [2.75, 3.05) is 19.0 Å². The standard InChI is InChI=1S/C12H21N3O/c1-10(11-4-5-11)14-12-13-6-8-15(12)7-3-9-16-2/h6,8,10-11H,3-5,7,9H2,1-2H3,(H,13,14). The number of methoxy groups -OCH3 is 1. The van der Waals surface area contributed by atoms with Gasteiger partial charge in [0.05, 0.1) is 0 Å². The zero-order chi connectivity index (χ0) is 11.4. The van der Waals surface area contributed by atoms with Crippen LogP contribution in [0.5, 0.6) is 0 Å². The lowest BCUT2D eigenvalue weighted by atomic mass is 10.2. The van der Waals surface area contributed by atoms with Crippen molar-refractivity contribution in [2.45, 2.75) is 38.8 Å². The van der Waals surface area contributed by atoms with E-state index < -0.39 is 0 Å². The topological polar surface area (TPSA) is 39.1 Å². The van der Waals surface area contributed by atoms with Gasteiger partial charge in [0.15, 0.2) is 0 Å². The zero-order valence-electron chi connectivity index (χ0n) is 10.1. The van der Waals surface area contributed by atoms with Gasteiger partial charge >= 0.3 is 0 Å². The molecule has 0 aromatic carbocycles. The summed E-state index contributed by atoms with van der Waals surface area (Å²) in [6.45, 7) is 4.01. The molecule has 1 saturated carbocycles. The highest BCUT2D eigenvalue weighted by atomic mass is 16.5. The molecule has 1 aromatic rings. The number of hydrogen-bond donors (Lipinski definition) is 1. The minimum atomic E-state index is 0.545. The Morgan fingerprint density at radius 1 is 1.62 bits per heavy atom. The monoisotopic (exact) mass is 223 g/mol. The van der Waals surface area contributed by atoms with E-state index in [0.717, 1.165) is 31.4 Å². The molecule has 1 aliphatic carbocycles. The normalized spacial score (nSPS) is 17.4. The van der Waals surface area contributed by atoms with Crippen molar-refractivity contribution >= 4 is 5.95 Å². The third kappa shape index (κ3) is 2.98. The van der Waals surface area contributed by atoms with Crippen LogP contribution in [0.1, 0.15) is 26.2 Å². The summed E-state index contributed by atoms with van der Waals surface area (Å²) in [6, 6.07) is 0.545.